The van der Waals surface area contributed by atoms with Crippen LogP contribution in [0.25, 0.3) is 11.3 Å². The first-order valence-electron chi connectivity index (χ1n) is 11.5. The zero-order valence-corrected chi connectivity index (χ0v) is 18.6. The quantitative estimate of drug-likeness (QED) is 0.525. The molecule has 2 aliphatic rings. The molecule has 1 saturated heterocycles. The van der Waals surface area contributed by atoms with Gasteiger partial charge in [-0.1, -0.05) is 5.16 Å². The van der Waals surface area contributed by atoms with Crippen molar-refractivity contribution in [3.05, 3.63) is 60.1 Å². The van der Waals surface area contributed by atoms with E-state index in [9.17, 15) is 4.39 Å². The normalized spacial score (nSPS) is 16.2. The molecule has 1 N–H and O–H groups in total. The Hall–Kier alpha value is -3.10. The van der Waals surface area contributed by atoms with Gasteiger partial charge in [-0.15, -0.1) is 0 Å². The molecule has 0 saturated carbocycles. The van der Waals surface area contributed by atoms with Crippen LogP contribution in [0.5, 0.6) is 11.5 Å². The molecular weight excluding hydrogens is 423 g/mol. The van der Waals surface area contributed by atoms with Gasteiger partial charge in [-0.3, -0.25) is 4.90 Å². The van der Waals surface area contributed by atoms with Gasteiger partial charge in [0.25, 0.3) is 0 Å². The maximum Gasteiger partial charge on any atom is 0.162 e. The van der Waals surface area contributed by atoms with Gasteiger partial charge in [-0.05, 0) is 62.0 Å². The third kappa shape index (κ3) is 5.46. The van der Waals surface area contributed by atoms with Crippen molar-refractivity contribution in [3.63, 3.8) is 0 Å². The molecule has 0 radical (unpaired) electrons. The highest BCUT2D eigenvalue weighted by Crippen LogP contribution is 2.34. The van der Waals surface area contributed by atoms with Crippen LogP contribution >= 0.6 is 0 Å². The molecule has 1 fully saturated rings. The molecule has 5 rings (SSSR count). The van der Waals surface area contributed by atoms with Crippen LogP contribution < -0.4 is 19.7 Å². The molecule has 174 valence electrons. The van der Waals surface area contributed by atoms with Gasteiger partial charge in [0.1, 0.15) is 24.7 Å². The van der Waals surface area contributed by atoms with Gasteiger partial charge in [-0.2, -0.15) is 0 Å². The number of fused-ring (bicyclic) bond motifs is 1. The Morgan fingerprint density at radius 3 is 2.52 bits per heavy atom. The van der Waals surface area contributed by atoms with E-state index in [4.69, 9.17) is 14.0 Å². The summed E-state index contributed by atoms with van der Waals surface area (Å²) in [5, 5.41) is 7.64. The summed E-state index contributed by atoms with van der Waals surface area (Å²) in [7, 11) is 0. The summed E-state index contributed by atoms with van der Waals surface area (Å²) in [6.45, 7) is 7.76. The van der Waals surface area contributed by atoms with E-state index in [0.717, 1.165) is 79.9 Å². The van der Waals surface area contributed by atoms with Crippen molar-refractivity contribution in [2.45, 2.75) is 13.0 Å². The summed E-state index contributed by atoms with van der Waals surface area (Å²) in [5.74, 6) is 2.15. The molecular formula is C25H29FN4O3. The maximum atomic E-state index is 13.1. The van der Waals surface area contributed by atoms with E-state index in [2.05, 4.69) is 20.3 Å². The monoisotopic (exact) mass is 452 g/mol. The fraction of sp³-hybridized carbons (Fsp3) is 0.400. The van der Waals surface area contributed by atoms with Gasteiger partial charge >= 0.3 is 0 Å². The third-order valence-corrected chi connectivity index (χ3v) is 6.09. The minimum Gasteiger partial charge on any atom is -0.486 e. The van der Waals surface area contributed by atoms with E-state index in [-0.39, 0.29) is 5.82 Å². The van der Waals surface area contributed by atoms with E-state index < -0.39 is 0 Å². The molecule has 33 heavy (non-hydrogen) atoms. The van der Waals surface area contributed by atoms with E-state index >= 15 is 0 Å². The molecule has 2 aliphatic heterocycles. The molecule has 8 heteroatoms. The van der Waals surface area contributed by atoms with Crippen molar-refractivity contribution in [2.24, 2.45) is 0 Å². The van der Waals surface area contributed by atoms with Crippen molar-refractivity contribution in [3.8, 4) is 22.8 Å². The van der Waals surface area contributed by atoms with Gasteiger partial charge in [-0.25, -0.2) is 4.39 Å². The first-order valence-corrected chi connectivity index (χ1v) is 11.5. The Bertz CT molecular complexity index is 1050. The Morgan fingerprint density at radius 1 is 0.909 bits per heavy atom. The highest BCUT2D eigenvalue weighted by Gasteiger charge is 2.17. The van der Waals surface area contributed by atoms with Gasteiger partial charge in [0.15, 0.2) is 17.3 Å². The largest absolute Gasteiger partial charge is 0.486 e. The lowest BCUT2D eigenvalue weighted by Crippen LogP contribution is -2.47. The second-order valence-corrected chi connectivity index (χ2v) is 8.37. The summed E-state index contributed by atoms with van der Waals surface area (Å²) in [4.78, 5) is 4.80. The third-order valence-electron chi connectivity index (χ3n) is 6.09. The van der Waals surface area contributed by atoms with Crippen molar-refractivity contribution in [1.82, 2.24) is 15.4 Å². The van der Waals surface area contributed by atoms with Gasteiger partial charge < -0.3 is 24.2 Å². The SMILES string of the molecule is Fc1ccc(N2CCN(CCCNCc3cc(-c4ccc5c(c4)OCCO5)no3)CC2)cc1. The summed E-state index contributed by atoms with van der Waals surface area (Å²) in [6.07, 6.45) is 1.07. The first-order chi connectivity index (χ1) is 16.2. The van der Waals surface area contributed by atoms with Crippen molar-refractivity contribution < 1.29 is 18.4 Å². The fourth-order valence-corrected chi connectivity index (χ4v) is 4.26. The Morgan fingerprint density at radius 2 is 1.70 bits per heavy atom. The molecule has 0 aliphatic carbocycles. The molecule has 0 unspecified atom stereocenters. The predicted molar refractivity (Wildman–Crippen MR) is 124 cm³/mol. The van der Waals surface area contributed by atoms with Crippen LogP contribution in [0.3, 0.4) is 0 Å². The van der Waals surface area contributed by atoms with Crippen molar-refractivity contribution in [1.29, 1.82) is 0 Å². The lowest BCUT2D eigenvalue weighted by Gasteiger charge is -2.36. The summed E-state index contributed by atoms with van der Waals surface area (Å²) >= 11 is 0. The predicted octanol–water partition coefficient (Wildman–Crippen LogP) is 3.55. The van der Waals surface area contributed by atoms with Crippen LogP contribution in [0.4, 0.5) is 10.1 Å². The number of halogens is 1. The minimum absolute atomic E-state index is 0.185. The number of hydrogen-bond acceptors (Lipinski definition) is 7. The second-order valence-electron chi connectivity index (χ2n) is 8.37. The molecule has 1 aromatic heterocycles. The standard InChI is InChI=1S/C25H29FN4O3/c26-20-3-5-21(6-4-20)30-12-10-29(11-13-30)9-1-8-27-18-22-17-23(28-33-22)19-2-7-24-25(16-19)32-15-14-31-24/h2-7,16-17,27H,1,8-15,18H2. The van der Waals surface area contributed by atoms with Crippen LogP contribution in [0.15, 0.2) is 53.1 Å². The molecule has 0 amide bonds. The second kappa shape index (κ2) is 10.2. The zero-order chi connectivity index (χ0) is 22.5. The van der Waals surface area contributed by atoms with Crippen LogP contribution in [0.1, 0.15) is 12.2 Å². The van der Waals surface area contributed by atoms with E-state index in [1.54, 1.807) is 0 Å². The topological polar surface area (TPSA) is 63.0 Å². The number of anilines is 1. The van der Waals surface area contributed by atoms with Crippen LogP contribution in [0, 0.1) is 5.82 Å². The molecule has 0 atom stereocenters. The number of nitrogens with one attached hydrogen (secondary N) is 1. The van der Waals surface area contributed by atoms with Gasteiger partial charge in [0.05, 0.1) is 6.54 Å². The number of piperazine rings is 1. The molecule has 7 nitrogen and oxygen atoms in total. The molecule has 2 aromatic carbocycles. The Balaban J connectivity index is 1.01. The fourth-order valence-electron chi connectivity index (χ4n) is 4.26. The Labute approximate surface area is 193 Å². The van der Waals surface area contributed by atoms with E-state index in [0.29, 0.717) is 19.8 Å². The number of benzene rings is 2. The smallest absolute Gasteiger partial charge is 0.162 e. The minimum atomic E-state index is -0.185. The average molecular weight is 453 g/mol. The van der Waals surface area contributed by atoms with Gasteiger partial charge in [0, 0.05) is 43.5 Å². The number of hydrogen-bond donors (Lipinski definition) is 1. The van der Waals surface area contributed by atoms with Crippen molar-refractivity contribution in [2.75, 3.05) is 57.4 Å². The average Bonchev–Trinajstić information content (AvgIpc) is 3.33. The van der Waals surface area contributed by atoms with Crippen LogP contribution in [-0.2, 0) is 6.54 Å². The summed E-state index contributed by atoms with van der Waals surface area (Å²) < 4.78 is 29.8. The van der Waals surface area contributed by atoms with Crippen LogP contribution in [-0.4, -0.2) is 62.5 Å². The molecule has 3 heterocycles. The summed E-state index contributed by atoms with van der Waals surface area (Å²) in [6, 6.07) is 14.6. The lowest BCUT2D eigenvalue weighted by molar-refractivity contribution is 0.171. The highest BCUT2D eigenvalue weighted by atomic mass is 19.1. The summed E-state index contributed by atoms with van der Waals surface area (Å²) in [5.41, 5.74) is 2.84. The lowest BCUT2D eigenvalue weighted by atomic mass is 10.1. The molecule has 0 bridgehead atoms. The maximum absolute atomic E-state index is 13.1. The number of nitrogens with zero attached hydrogens (tertiary/aromatic N) is 3. The van der Waals surface area contributed by atoms with Crippen molar-refractivity contribution >= 4 is 5.69 Å². The molecule has 0 spiro atoms. The zero-order valence-electron chi connectivity index (χ0n) is 18.6. The highest BCUT2D eigenvalue weighted by molar-refractivity contribution is 5.64. The Kier molecular flexibility index (Phi) is 6.73. The number of rotatable bonds is 8. The number of ether oxygens (including phenoxy) is 2. The first kappa shape index (κ1) is 21.7. The molecule has 3 aromatic rings. The van der Waals surface area contributed by atoms with Crippen LogP contribution in [0.2, 0.25) is 0 Å². The number of aromatic nitrogens is 1. The van der Waals surface area contributed by atoms with E-state index in [1.807, 2.05) is 36.4 Å². The van der Waals surface area contributed by atoms with E-state index in [1.165, 1.54) is 12.1 Å². The van der Waals surface area contributed by atoms with Gasteiger partial charge in [0.2, 0.25) is 0 Å².